The number of hydrogen-bond donors (Lipinski definition) is 3. The standard InChI is InChI=1S/C21H36F3NO5S2/c1-2-4-17(32(28,31)14-15-5-3-6-15)16-11-20(29-13-16)7-9-25(10-8-20)19(27)30-18(12-26)21(22,23)24/h15-18,26,32H,2-14H2,1H3,(H,28,31)/t16-,17?,18-/m1/s1. The summed E-state index contributed by atoms with van der Waals surface area (Å²) >= 11 is 4.69. The fourth-order valence-electron chi connectivity index (χ4n) is 5.22. The molecule has 3 fully saturated rings. The van der Waals surface area contributed by atoms with Crippen molar-refractivity contribution in [3.8, 4) is 0 Å². The van der Waals surface area contributed by atoms with Gasteiger partial charge in [-0.3, -0.25) is 4.21 Å². The van der Waals surface area contributed by atoms with Crippen LogP contribution in [-0.2, 0) is 18.4 Å². The minimum absolute atomic E-state index is 0.0101. The van der Waals surface area contributed by atoms with E-state index in [1.54, 1.807) is 0 Å². The molecular weight excluding hydrogens is 467 g/mol. The van der Waals surface area contributed by atoms with E-state index < -0.39 is 39.5 Å². The zero-order chi connectivity index (χ0) is 23.6. The number of aliphatic hydroxyl groups excluding tert-OH is 1. The van der Waals surface area contributed by atoms with Crippen molar-refractivity contribution in [1.29, 1.82) is 0 Å². The Labute approximate surface area is 193 Å². The molecule has 3 atom stereocenters. The van der Waals surface area contributed by atoms with Crippen molar-refractivity contribution in [3.05, 3.63) is 0 Å². The molecule has 1 saturated carbocycles. The number of carbonyl (C=O) groups excluding carboxylic acids is 1. The average Bonchev–Trinajstić information content (AvgIpc) is 3.09. The van der Waals surface area contributed by atoms with E-state index >= 15 is 0 Å². The number of hydrogen-bond acceptors (Lipinski definition) is 5. The molecule has 2 aliphatic heterocycles. The van der Waals surface area contributed by atoms with E-state index in [-0.39, 0.29) is 24.3 Å². The summed E-state index contributed by atoms with van der Waals surface area (Å²) in [6.45, 7) is 1.73. The quantitative estimate of drug-likeness (QED) is 0.348. The van der Waals surface area contributed by atoms with Crippen LogP contribution in [0.3, 0.4) is 0 Å². The van der Waals surface area contributed by atoms with E-state index in [9.17, 15) is 22.2 Å². The van der Waals surface area contributed by atoms with Crippen molar-refractivity contribution in [2.24, 2.45) is 11.8 Å². The van der Waals surface area contributed by atoms with Crippen LogP contribution < -0.4 is 0 Å². The van der Waals surface area contributed by atoms with Crippen LogP contribution in [0, 0.1) is 11.8 Å². The first kappa shape index (κ1) is 26.1. The molecule has 0 aromatic heterocycles. The van der Waals surface area contributed by atoms with Crippen molar-refractivity contribution in [2.45, 2.75) is 81.4 Å². The largest absolute Gasteiger partial charge is 0.434 e. The Bertz CT molecular complexity index is 695. The van der Waals surface area contributed by atoms with Crippen LogP contribution >= 0.6 is 11.7 Å². The van der Waals surface area contributed by atoms with Crippen LogP contribution in [0.15, 0.2) is 0 Å². The molecule has 1 aliphatic carbocycles. The van der Waals surface area contributed by atoms with E-state index in [1.165, 1.54) is 11.3 Å². The Balaban J connectivity index is 1.56. The minimum Gasteiger partial charge on any atom is -0.434 e. The topological polar surface area (TPSA) is 76.1 Å². The third-order valence-electron chi connectivity index (χ3n) is 7.34. The van der Waals surface area contributed by atoms with Crippen LogP contribution in [0.2, 0.25) is 0 Å². The molecular formula is C21H36F3NO5S2. The van der Waals surface area contributed by atoms with Crippen LogP contribution in [0.25, 0.3) is 0 Å². The summed E-state index contributed by atoms with van der Waals surface area (Å²) in [5, 5.41) is 8.89. The lowest BCUT2D eigenvalue weighted by Crippen LogP contribution is -2.49. The Morgan fingerprint density at radius 3 is 2.50 bits per heavy atom. The molecule has 3 aliphatic rings. The lowest BCUT2D eigenvalue weighted by molar-refractivity contribution is -0.215. The summed E-state index contributed by atoms with van der Waals surface area (Å²) < 4.78 is 62.5. The van der Waals surface area contributed by atoms with E-state index in [2.05, 4.69) is 11.7 Å². The minimum atomic E-state index is -4.81. The number of amides is 1. The van der Waals surface area contributed by atoms with Gasteiger partial charge in [0.05, 0.1) is 18.8 Å². The third-order valence-corrected chi connectivity index (χ3v) is 11.5. The van der Waals surface area contributed by atoms with Gasteiger partial charge >= 0.3 is 12.3 Å². The molecule has 188 valence electrons. The van der Waals surface area contributed by atoms with Gasteiger partial charge in [0.1, 0.15) is 0 Å². The number of rotatable bonds is 8. The molecule has 3 rings (SSSR count). The fourth-order valence-corrected chi connectivity index (χ4v) is 9.71. The highest BCUT2D eigenvalue weighted by Crippen LogP contribution is 2.45. The lowest BCUT2D eigenvalue weighted by atomic mass is 9.84. The van der Waals surface area contributed by atoms with Crippen LogP contribution in [-0.4, -0.2) is 75.5 Å². The summed E-state index contributed by atoms with van der Waals surface area (Å²) in [7, 11) is -2.62. The van der Waals surface area contributed by atoms with Gasteiger partial charge in [-0.1, -0.05) is 28.7 Å². The Morgan fingerprint density at radius 1 is 1.34 bits per heavy atom. The SMILES string of the molecule is CCCC([C@H]1COC2(CCN(C(=O)O[C@H](CO)C(F)(F)F)CC2)C1)[SH](=O)(S)CC1CCC1. The van der Waals surface area contributed by atoms with Crippen molar-refractivity contribution < 1.29 is 36.8 Å². The molecule has 0 radical (unpaired) electrons. The summed E-state index contributed by atoms with van der Waals surface area (Å²) in [6, 6.07) is 0. The van der Waals surface area contributed by atoms with Crippen molar-refractivity contribution >= 4 is 26.7 Å². The lowest BCUT2D eigenvalue weighted by Gasteiger charge is -2.40. The predicted molar refractivity (Wildman–Crippen MR) is 120 cm³/mol. The van der Waals surface area contributed by atoms with Gasteiger partial charge < -0.3 is 19.5 Å². The molecule has 1 amide bonds. The number of alkyl halides is 3. The van der Waals surface area contributed by atoms with Gasteiger partial charge in [-0.05, 0) is 50.4 Å². The van der Waals surface area contributed by atoms with Crippen molar-refractivity contribution in [3.63, 3.8) is 0 Å². The summed E-state index contributed by atoms with van der Waals surface area (Å²) in [5.41, 5.74) is -0.446. The third kappa shape index (κ3) is 6.13. The average molecular weight is 504 g/mol. The first-order chi connectivity index (χ1) is 15.0. The molecule has 1 spiro atoms. The van der Waals surface area contributed by atoms with Crippen LogP contribution in [0.4, 0.5) is 18.0 Å². The summed E-state index contributed by atoms with van der Waals surface area (Å²) in [6.07, 6.45) is -1.45. The molecule has 0 bridgehead atoms. The van der Waals surface area contributed by atoms with Gasteiger partial charge in [-0.15, -0.1) is 11.7 Å². The first-order valence-corrected chi connectivity index (χ1v) is 14.7. The van der Waals surface area contributed by atoms with Crippen LogP contribution in [0.5, 0.6) is 0 Å². The number of halogens is 3. The second kappa shape index (κ2) is 10.4. The number of thiol groups is 2. The van der Waals surface area contributed by atoms with Gasteiger partial charge in [0.25, 0.3) is 0 Å². The second-order valence-electron chi connectivity index (χ2n) is 9.63. The molecule has 2 saturated heterocycles. The molecule has 1 N–H and O–H groups in total. The van der Waals surface area contributed by atoms with E-state index in [1.807, 2.05) is 0 Å². The molecule has 2 heterocycles. The highest BCUT2D eigenvalue weighted by molar-refractivity contribution is 8.69. The Morgan fingerprint density at radius 2 is 2.00 bits per heavy atom. The van der Waals surface area contributed by atoms with Gasteiger partial charge in [0, 0.05) is 24.1 Å². The Hall–Kier alpha value is -0.520. The van der Waals surface area contributed by atoms with Crippen molar-refractivity contribution in [2.75, 3.05) is 32.1 Å². The van der Waals surface area contributed by atoms with E-state index in [4.69, 9.17) is 21.5 Å². The molecule has 0 aromatic rings. The highest BCUT2D eigenvalue weighted by atomic mass is 33.1. The number of ether oxygens (including phenoxy) is 2. The zero-order valence-corrected chi connectivity index (χ0v) is 20.3. The highest BCUT2D eigenvalue weighted by Gasteiger charge is 2.49. The molecule has 11 heteroatoms. The molecule has 32 heavy (non-hydrogen) atoms. The van der Waals surface area contributed by atoms with Gasteiger partial charge in [0.15, 0.2) is 0 Å². The summed E-state index contributed by atoms with van der Waals surface area (Å²) in [5.74, 6) is 1.35. The number of likely N-dealkylation sites (tertiary alicyclic amines) is 1. The predicted octanol–water partition coefficient (Wildman–Crippen LogP) is 3.75. The summed E-state index contributed by atoms with van der Waals surface area (Å²) in [4.78, 5) is 13.4. The first-order valence-electron chi connectivity index (χ1n) is 11.6. The molecule has 0 aromatic carbocycles. The number of piperidine rings is 1. The smallest absolute Gasteiger partial charge is 0.427 e. The van der Waals surface area contributed by atoms with E-state index in [0.717, 1.165) is 32.1 Å². The molecule has 6 nitrogen and oxygen atoms in total. The number of carbonyl (C=O) groups is 1. The number of nitrogens with zero attached hydrogens (tertiary/aromatic N) is 1. The zero-order valence-electron chi connectivity index (χ0n) is 18.6. The number of aliphatic hydroxyl groups is 1. The monoisotopic (exact) mass is 503 g/mol. The van der Waals surface area contributed by atoms with E-state index in [0.29, 0.717) is 31.1 Å². The van der Waals surface area contributed by atoms with Gasteiger partial charge in [-0.25, -0.2) is 4.79 Å². The van der Waals surface area contributed by atoms with Gasteiger partial charge in [-0.2, -0.15) is 13.2 Å². The normalized spacial score (nSPS) is 26.6. The second-order valence-corrected chi connectivity index (χ2v) is 14.2. The maximum absolute atomic E-state index is 13.5. The van der Waals surface area contributed by atoms with Crippen LogP contribution in [0.1, 0.15) is 58.3 Å². The fraction of sp³-hybridized carbons (Fsp3) is 0.952. The maximum Gasteiger partial charge on any atom is 0.427 e. The maximum atomic E-state index is 13.5. The van der Waals surface area contributed by atoms with Gasteiger partial charge in [0.2, 0.25) is 6.10 Å². The Kier molecular flexibility index (Phi) is 8.48. The molecule has 1 unspecified atom stereocenters. The van der Waals surface area contributed by atoms with Crippen molar-refractivity contribution in [1.82, 2.24) is 4.90 Å².